The molecule has 0 unspecified atom stereocenters. The Morgan fingerprint density at radius 1 is 1.38 bits per heavy atom. The van der Waals surface area contributed by atoms with E-state index in [2.05, 4.69) is 15.2 Å². The second kappa shape index (κ2) is 3.22. The van der Waals surface area contributed by atoms with Crippen LogP contribution in [0.25, 0.3) is 0 Å². The first-order valence-electron chi connectivity index (χ1n) is 3.89. The van der Waals surface area contributed by atoms with Crippen molar-refractivity contribution in [3.63, 3.8) is 0 Å². The average molecular weight is 175 g/mol. The van der Waals surface area contributed by atoms with Crippen LogP contribution in [0.3, 0.4) is 0 Å². The van der Waals surface area contributed by atoms with Crippen LogP contribution >= 0.6 is 0 Å². The van der Waals surface area contributed by atoms with Gasteiger partial charge in [0.15, 0.2) is 0 Å². The zero-order valence-electron chi connectivity index (χ0n) is 6.96. The lowest BCUT2D eigenvalue weighted by Crippen LogP contribution is -2.26. The lowest BCUT2D eigenvalue weighted by Gasteiger charge is -2.17. The summed E-state index contributed by atoms with van der Waals surface area (Å²) in [7, 11) is 0. The maximum Gasteiger partial charge on any atom is 0.136 e. The standard InChI is InChI=1S/C8H9N5/c9-7-1-2-10-8(5-7)13-4-3-11-12-6-13/h1-3,5-6H,4H2,(H2,9,10). The Balaban J connectivity index is 2.25. The molecule has 1 aliphatic rings. The number of nitrogens with two attached hydrogens (primary N) is 1. The van der Waals surface area contributed by atoms with Crippen molar-refractivity contribution in [1.29, 1.82) is 0 Å². The molecule has 0 fully saturated rings. The van der Waals surface area contributed by atoms with Crippen molar-refractivity contribution >= 4 is 24.1 Å². The Hall–Kier alpha value is -1.91. The predicted molar refractivity (Wildman–Crippen MR) is 53.0 cm³/mol. The van der Waals surface area contributed by atoms with Crippen LogP contribution in [-0.2, 0) is 0 Å². The molecule has 0 saturated carbocycles. The normalized spacial score (nSPS) is 14.9. The van der Waals surface area contributed by atoms with Gasteiger partial charge < -0.3 is 10.6 Å². The smallest absolute Gasteiger partial charge is 0.136 e. The summed E-state index contributed by atoms with van der Waals surface area (Å²) in [6.45, 7) is 0.681. The molecule has 1 aromatic rings. The molecule has 13 heavy (non-hydrogen) atoms. The van der Waals surface area contributed by atoms with Crippen molar-refractivity contribution in [2.75, 3.05) is 17.2 Å². The molecule has 1 aromatic heterocycles. The highest BCUT2D eigenvalue weighted by Crippen LogP contribution is 2.12. The van der Waals surface area contributed by atoms with Crippen LogP contribution in [0.5, 0.6) is 0 Å². The molecule has 2 rings (SSSR count). The molecule has 5 heteroatoms. The maximum absolute atomic E-state index is 5.62. The number of rotatable bonds is 1. The van der Waals surface area contributed by atoms with E-state index in [-0.39, 0.29) is 0 Å². The molecular formula is C8H9N5. The molecule has 5 nitrogen and oxygen atoms in total. The predicted octanol–water partition coefficient (Wildman–Crippen LogP) is 0.498. The lowest BCUT2D eigenvalue weighted by atomic mass is 10.4. The Morgan fingerprint density at radius 2 is 2.31 bits per heavy atom. The van der Waals surface area contributed by atoms with Gasteiger partial charge in [-0.05, 0) is 6.07 Å². The summed E-state index contributed by atoms with van der Waals surface area (Å²) in [5, 5.41) is 7.47. The van der Waals surface area contributed by atoms with Gasteiger partial charge in [-0.1, -0.05) is 0 Å². The molecule has 1 aliphatic heterocycles. The third-order valence-corrected chi connectivity index (χ3v) is 1.68. The zero-order valence-corrected chi connectivity index (χ0v) is 6.96. The fourth-order valence-electron chi connectivity index (χ4n) is 1.05. The molecule has 2 heterocycles. The number of pyridine rings is 1. The molecule has 0 radical (unpaired) electrons. The summed E-state index contributed by atoms with van der Waals surface area (Å²) < 4.78 is 0. The second-order valence-electron chi connectivity index (χ2n) is 2.63. The molecule has 0 bridgehead atoms. The fourth-order valence-corrected chi connectivity index (χ4v) is 1.05. The Morgan fingerprint density at radius 3 is 3.00 bits per heavy atom. The van der Waals surface area contributed by atoms with E-state index in [1.54, 1.807) is 30.9 Å². The Bertz CT molecular complexity index is 357. The van der Waals surface area contributed by atoms with E-state index in [0.29, 0.717) is 12.2 Å². The van der Waals surface area contributed by atoms with Gasteiger partial charge in [0, 0.05) is 24.2 Å². The lowest BCUT2D eigenvalue weighted by molar-refractivity contribution is 1.08. The third kappa shape index (κ3) is 1.64. The third-order valence-electron chi connectivity index (χ3n) is 1.68. The maximum atomic E-state index is 5.62. The molecular weight excluding hydrogens is 166 g/mol. The largest absolute Gasteiger partial charge is 0.399 e. The van der Waals surface area contributed by atoms with Gasteiger partial charge in [0.1, 0.15) is 12.2 Å². The first-order chi connectivity index (χ1) is 6.36. The quantitative estimate of drug-likeness (QED) is 0.675. The first kappa shape index (κ1) is 7.72. The van der Waals surface area contributed by atoms with Crippen molar-refractivity contribution < 1.29 is 0 Å². The van der Waals surface area contributed by atoms with E-state index in [4.69, 9.17) is 5.73 Å². The summed E-state index contributed by atoms with van der Waals surface area (Å²) in [5.74, 6) is 0.787. The first-order valence-corrected chi connectivity index (χ1v) is 3.89. The van der Waals surface area contributed by atoms with Crippen molar-refractivity contribution in [2.45, 2.75) is 0 Å². The van der Waals surface area contributed by atoms with Crippen LogP contribution in [0, 0.1) is 0 Å². The van der Waals surface area contributed by atoms with Crippen molar-refractivity contribution in [1.82, 2.24) is 4.98 Å². The van der Waals surface area contributed by atoms with E-state index < -0.39 is 0 Å². The molecule has 2 N–H and O–H groups in total. The second-order valence-corrected chi connectivity index (χ2v) is 2.63. The van der Waals surface area contributed by atoms with Gasteiger partial charge in [0.25, 0.3) is 0 Å². The van der Waals surface area contributed by atoms with Gasteiger partial charge in [-0.2, -0.15) is 5.10 Å². The van der Waals surface area contributed by atoms with Crippen molar-refractivity contribution in [2.24, 2.45) is 10.2 Å². The highest BCUT2D eigenvalue weighted by molar-refractivity contribution is 5.86. The van der Waals surface area contributed by atoms with E-state index in [1.807, 2.05) is 4.90 Å². The van der Waals surface area contributed by atoms with Gasteiger partial charge in [-0.15, -0.1) is 5.10 Å². The summed E-state index contributed by atoms with van der Waals surface area (Å²) in [6, 6.07) is 3.55. The summed E-state index contributed by atoms with van der Waals surface area (Å²) in [6.07, 6.45) is 5.01. The zero-order chi connectivity index (χ0) is 9.10. The number of aromatic nitrogens is 1. The van der Waals surface area contributed by atoms with Gasteiger partial charge in [0.2, 0.25) is 0 Å². The van der Waals surface area contributed by atoms with E-state index in [9.17, 15) is 0 Å². The van der Waals surface area contributed by atoms with Gasteiger partial charge in [-0.25, -0.2) is 4.98 Å². The van der Waals surface area contributed by atoms with Crippen LogP contribution in [0.4, 0.5) is 11.5 Å². The molecule has 0 spiro atoms. The van der Waals surface area contributed by atoms with Crippen molar-refractivity contribution in [3.8, 4) is 0 Å². The van der Waals surface area contributed by atoms with E-state index >= 15 is 0 Å². The summed E-state index contributed by atoms with van der Waals surface area (Å²) in [5.41, 5.74) is 6.32. The molecule has 66 valence electrons. The molecule has 0 atom stereocenters. The SMILES string of the molecule is Nc1ccnc(N2C=NN=CC2)c1. The number of hydrogen-bond donors (Lipinski definition) is 1. The van der Waals surface area contributed by atoms with Crippen LogP contribution < -0.4 is 10.6 Å². The number of anilines is 2. The Labute approximate surface area is 75.6 Å². The highest BCUT2D eigenvalue weighted by atomic mass is 15.3. The molecule has 0 aliphatic carbocycles. The number of nitrogen functional groups attached to an aromatic ring is 1. The summed E-state index contributed by atoms with van der Waals surface area (Å²) in [4.78, 5) is 6.02. The number of nitrogens with zero attached hydrogens (tertiary/aromatic N) is 4. The highest BCUT2D eigenvalue weighted by Gasteiger charge is 2.05. The average Bonchev–Trinajstić information content (AvgIpc) is 2.19. The molecule has 0 amide bonds. The molecule has 0 aromatic carbocycles. The minimum atomic E-state index is 0.681. The topological polar surface area (TPSA) is 66.9 Å². The van der Waals surface area contributed by atoms with Gasteiger partial charge in [0.05, 0.1) is 6.54 Å². The van der Waals surface area contributed by atoms with E-state index in [1.165, 1.54) is 0 Å². The van der Waals surface area contributed by atoms with E-state index in [0.717, 1.165) is 5.82 Å². The fraction of sp³-hybridized carbons (Fsp3) is 0.125. The van der Waals surface area contributed by atoms with Crippen LogP contribution in [0.15, 0.2) is 28.5 Å². The molecule has 0 saturated heterocycles. The minimum absolute atomic E-state index is 0.681. The summed E-state index contributed by atoms with van der Waals surface area (Å²) >= 11 is 0. The number of hydrogen-bond acceptors (Lipinski definition) is 5. The van der Waals surface area contributed by atoms with Crippen LogP contribution in [-0.4, -0.2) is 24.1 Å². The van der Waals surface area contributed by atoms with Crippen LogP contribution in [0.1, 0.15) is 0 Å². The van der Waals surface area contributed by atoms with Crippen LogP contribution in [0.2, 0.25) is 0 Å². The van der Waals surface area contributed by atoms with Gasteiger partial charge in [-0.3, -0.25) is 0 Å². The minimum Gasteiger partial charge on any atom is -0.399 e. The van der Waals surface area contributed by atoms with Crippen molar-refractivity contribution in [3.05, 3.63) is 18.3 Å². The Kier molecular flexibility index (Phi) is 1.91. The van der Waals surface area contributed by atoms with Gasteiger partial charge >= 0.3 is 0 Å². The monoisotopic (exact) mass is 175 g/mol.